The van der Waals surface area contributed by atoms with E-state index in [0.717, 1.165) is 0 Å². The zero-order chi connectivity index (χ0) is 11.1. The summed E-state index contributed by atoms with van der Waals surface area (Å²) in [5, 5.41) is 21.2. The van der Waals surface area contributed by atoms with Crippen LogP contribution in [0.25, 0.3) is 0 Å². The summed E-state index contributed by atoms with van der Waals surface area (Å²) in [7, 11) is 0. The summed E-state index contributed by atoms with van der Waals surface area (Å²) in [5.41, 5.74) is 0. The highest BCUT2D eigenvalue weighted by molar-refractivity contribution is 5.87. The van der Waals surface area contributed by atoms with Crippen molar-refractivity contribution in [2.24, 2.45) is 0 Å². The summed E-state index contributed by atoms with van der Waals surface area (Å²) in [6.07, 6.45) is 0. The number of aliphatic hydroxyl groups excluding tert-OH is 1. The van der Waals surface area contributed by atoms with Gasteiger partial charge in [0.2, 0.25) is 11.8 Å². The molecule has 0 aliphatic rings. The van der Waals surface area contributed by atoms with Crippen molar-refractivity contribution in [2.75, 3.05) is 13.2 Å². The molecule has 14 heavy (non-hydrogen) atoms. The molecule has 0 aromatic rings. The summed E-state index contributed by atoms with van der Waals surface area (Å²) in [4.78, 5) is 31.6. The Morgan fingerprint density at radius 1 is 1.36 bits per heavy atom. The van der Waals surface area contributed by atoms with E-state index in [4.69, 9.17) is 10.2 Å². The SMILES string of the molecule is CC(=O)NCC(=O)N[C@@H](CO)C(=O)O. The molecule has 0 aliphatic heterocycles. The number of hydrogen-bond acceptors (Lipinski definition) is 4. The Bertz CT molecular complexity index is 240. The second-order valence-electron chi connectivity index (χ2n) is 2.55. The van der Waals surface area contributed by atoms with Gasteiger partial charge in [0.05, 0.1) is 13.2 Å². The maximum Gasteiger partial charge on any atom is 0.328 e. The Morgan fingerprint density at radius 3 is 2.29 bits per heavy atom. The molecule has 0 rings (SSSR count). The minimum absolute atomic E-state index is 0.306. The van der Waals surface area contributed by atoms with Crippen LogP contribution in [0.5, 0.6) is 0 Å². The summed E-state index contributed by atoms with van der Waals surface area (Å²) in [6, 6.07) is -1.34. The Balaban J connectivity index is 3.91. The van der Waals surface area contributed by atoms with Crippen LogP contribution in [0, 0.1) is 0 Å². The van der Waals surface area contributed by atoms with Crippen LogP contribution < -0.4 is 10.6 Å². The van der Waals surface area contributed by atoms with Crippen molar-refractivity contribution in [1.82, 2.24) is 10.6 Å². The number of hydrogen-bond donors (Lipinski definition) is 4. The van der Waals surface area contributed by atoms with Gasteiger partial charge in [-0.25, -0.2) is 4.79 Å². The maximum atomic E-state index is 10.9. The number of amides is 2. The number of carboxylic acids is 1. The van der Waals surface area contributed by atoms with Crippen LogP contribution in [0.3, 0.4) is 0 Å². The van der Waals surface area contributed by atoms with Crippen molar-refractivity contribution >= 4 is 17.8 Å². The van der Waals surface area contributed by atoms with Crippen molar-refractivity contribution in [1.29, 1.82) is 0 Å². The third kappa shape index (κ3) is 5.09. The van der Waals surface area contributed by atoms with E-state index in [9.17, 15) is 14.4 Å². The van der Waals surface area contributed by atoms with Gasteiger partial charge in [0.25, 0.3) is 0 Å². The molecule has 7 nitrogen and oxygen atoms in total. The first-order valence-electron chi connectivity index (χ1n) is 3.84. The third-order valence-corrected chi connectivity index (χ3v) is 1.31. The molecule has 0 saturated carbocycles. The molecule has 1 atom stereocenters. The van der Waals surface area contributed by atoms with Gasteiger partial charge in [0.1, 0.15) is 6.04 Å². The maximum absolute atomic E-state index is 10.9. The van der Waals surface area contributed by atoms with E-state index in [1.807, 2.05) is 5.32 Å². The van der Waals surface area contributed by atoms with Crippen LogP contribution in [0.1, 0.15) is 6.92 Å². The smallest absolute Gasteiger partial charge is 0.328 e. The van der Waals surface area contributed by atoms with Gasteiger partial charge in [-0.3, -0.25) is 9.59 Å². The molecule has 4 N–H and O–H groups in total. The fourth-order valence-corrected chi connectivity index (χ4v) is 0.636. The van der Waals surface area contributed by atoms with Crippen LogP contribution >= 0.6 is 0 Å². The largest absolute Gasteiger partial charge is 0.480 e. The molecule has 0 aromatic heterocycles. The average molecular weight is 204 g/mol. The molecule has 0 aromatic carbocycles. The zero-order valence-corrected chi connectivity index (χ0v) is 7.61. The predicted molar refractivity (Wildman–Crippen MR) is 45.3 cm³/mol. The van der Waals surface area contributed by atoms with E-state index in [2.05, 4.69) is 5.32 Å². The molecule has 0 saturated heterocycles. The summed E-state index contributed by atoms with van der Waals surface area (Å²) in [5.74, 6) is -2.39. The van der Waals surface area contributed by atoms with Gasteiger partial charge in [0, 0.05) is 6.92 Å². The van der Waals surface area contributed by atoms with Gasteiger partial charge >= 0.3 is 5.97 Å². The van der Waals surface area contributed by atoms with Gasteiger partial charge < -0.3 is 20.8 Å². The van der Waals surface area contributed by atoms with Gasteiger partial charge in [-0.2, -0.15) is 0 Å². The molecule has 2 amide bonds. The number of carbonyl (C=O) groups excluding carboxylic acids is 2. The summed E-state index contributed by atoms with van der Waals surface area (Å²) in [6.45, 7) is 0.230. The van der Waals surface area contributed by atoms with Crippen molar-refractivity contribution in [3.8, 4) is 0 Å². The highest BCUT2D eigenvalue weighted by Crippen LogP contribution is 1.81. The van der Waals surface area contributed by atoms with Gasteiger partial charge in [0.15, 0.2) is 0 Å². The molecular formula is C7H12N2O5. The molecule has 0 unspecified atom stereocenters. The summed E-state index contributed by atoms with van der Waals surface area (Å²) >= 11 is 0. The van der Waals surface area contributed by atoms with E-state index in [-0.39, 0.29) is 6.54 Å². The monoisotopic (exact) mass is 204 g/mol. The fraction of sp³-hybridized carbons (Fsp3) is 0.571. The molecule has 0 heterocycles. The molecule has 0 bridgehead atoms. The first-order chi connectivity index (χ1) is 6.47. The van der Waals surface area contributed by atoms with Crippen molar-refractivity contribution in [3.05, 3.63) is 0 Å². The highest BCUT2D eigenvalue weighted by Gasteiger charge is 2.18. The number of nitrogens with one attached hydrogen (secondary N) is 2. The van der Waals surface area contributed by atoms with Gasteiger partial charge in [-0.05, 0) is 0 Å². The highest BCUT2D eigenvalue weighted by atomic mass is 16.4. The van der Waals surface area contributed by atoms with Crippen molar-refractivity contribution in [3.63, 3.8) is 0 Å². The van der Waals surface area contributed by atoms with E-state index in [0.29, 0.717) is 0 Å². The molecule has 7 heteroatoms. The fourth-order valence-electron chi connectivity index (χ4n) is 0.636. The minimum atomic E-state index is -1.34. The Hall–Kier alpha value is -1.63. The topological polar surface area (TPSA) is 116 Å². The van der Waals surface area contributed by atoms with Gasteiger partial charge in [-0.15, -0.1) is 0 Å². The second kappa shape index (κ2) is 5.92. The standard InChI is InChI=1S/C7H12N2O5/c1-4(11)8-2-6(12)9-5(3-10)7(13)14/h5,10H,2-3H2,1H3,(H,8,11)(H,9,12)(H,13,14)/t5-/m0/s1. The van der Waals surface area contributed by atoms with E-state index < -0.39 is 30.4 Å². The minimum Gasteiger partial charge on any atom is -0.480 e. The Labute approximate surface area is 80.1 Å². The lowest BCUT2D eigenvalue weighted by molar-refractivity contribution is -0.142. The Kier molecular flexibility index (Phi) is 5.23. The Morgan fingerprint density at radius 2 is 1.93 bits per heavy atom. The van der Waals surface area contributed by atoms with Crippen LogP contribution in [0.4, 0.5) is 0 Å². The van der Waals surface area contributed by atoms with Crippen LogP contribution in [-0.4, -0.2) is 47.2 Å². The predicted octanol–water partition coefficient (Wildman–Crippen LogP) is -2.32. The quantitative estimate of drug-likeness (QED) is 0.401. The first-order valence-corrected chi connectivity index (χ1v) is 3.84. The second-order valence-corrected chi connectivity index (χ2v) is 2.55. The molecule has 0 fully saturated rings. The lowest BCUT2D eigenvalue weighted by Crippen LogP contribution is -2.47. The number of aliphatic carboxylic acids is 1. The number of aliphatic hydroxyl groups is 1. The van der Waals surface area contributed by atoms with Crippen LogP contribution in [-0.2, 0) is 14.4 Å². The average Bonchev–Trinajstić information content (AvgIpc) is 2.10. The normalized spacial score (nSPS) is 11.6. The van der Waals surface area contributed by atoms with Crippen molar-refractivity contribution in [2.45, 2.75) is 13.0 Å². The third-order valence-electron chi connectivity index (χ3n) is 1.31. The zero-order valence-electron chi connectivity index (χ0n) is 7.61. The molecule has 80 valence electrons. The molecule has 0 radical (unpaired) electrons. The summed E-state index contributed by atoms with van der Waals surface area (Å²) < 4.78 is 0. The lowest BCUT2D eigenvalue weighted by atomic mass is 10.3. The van der Waals surface area contributed by atoms with Crippen LogP contribution in [0.2, 0.25) is 0 Å². The van der Waals surface area contributed by atoms with E-state index in [1.54, 1.807) is 0 Å². The first kappa shape index (κ1) is 12.4. The van der Waals surface area contributed by atoms with E-state index in [1.165, 1.54) is 6.92 Å². The van der Waals surface area contributed by atoms with Gasteiger partial charge in [-0.1, -0.05) is 0 Å². The molecule has 0 spiro atoms. The number of rotatable bonds is 5. The number of carbonyl (C=O) groups is 3. The molecular weight excluding hydrogens is 192 g/mol. The lowest BCUT2D eigenvalue weighted by Gasteiger charge is -2.11. The van der Waals surface area contributed by atoms with Crippen molar-refractivity contribution < 1.29 is 24.6 Å². The molecule has 0 aliphatic carbocycles. The van der Waals surface area contributed by atoms with E-state index >= 15 is 0 Å². The van der Waals surface area contributed by atoms with Crippen LogP contribution in [0.15, 0.2) is 0 Å². The number of carboxylic acid groups (broad SMARTS) is 1.